The molecule has 3 aromatic rings. The number of benzene rings is 2. The molecule has 4 rings (SSSR count). The van der Waals surface area contributed by atoms with Crippen molar-refractivity contribution in [2.75, 3.05) is 23.9 Å². The summed E-state index contributed by atoms with van der Waals surface area (Å²) in [5, 5.41) is 4.68. The molecule has 0 spiro atoms. The first kappa shape index (κ1) is 20.0. The van der Waals surface area contributed by atoms with Crippen molar-refractivity contribution in [1.82, 2.24) is 4.98 Å². The van der Waals surface area contributed by atoms with Gasteiger partial charge in [0.1, 0.15) is 5.75 Å². The van der Waals surface area contributed by atoms with Gasteiger partial charge in [0, 0.05) is 23.9 Å². The number of methoxy groups -OCH3 is 1. The molecule has 1 saturated heterocycles. The number of carbonyl (C=O) groups excluding carboxylic acids is 2. The molecule has 0 saturated carbocycles. The number of ether oxygens (including phenoxy) is 1. The molecule has 1 aliphatic heterocycles. The van der Waals surface area contributed by atoms with Crippen LogP contribution in [0.15, 0.2) is 47.8 Å². The predicted molar refractivity (Wildman–Crippen MR) is 110 cm³/mol. The number of thiazole rings is 1. The Morgan fingerprint density at radius 3 is 2.80 bits per heavy atom. The van der Waals surface area contributed by atoms with Gasteiger partial charge in [-0.25, -0.2) is 13.8 Å². The van der Waals surface area contributed by atoms with Crippen molar-refractivity contribution in [3.8, 4) is 17.0 Å². The number of nitrogens with zero attached hydrogens (tertiary/aromatic N) is 2. The quantitative estimate of drug-likeness (QED) is 0.663. The Hall–Kier alpha value is -3.33. The zero-order chi connectivity index (χ0) is 21.3. The molecule has 0 radical (unpaired) electrons. The Labute approximate surface area is 175 Å². The summed E-state index contributed by atoms with van der Waals surface area (Å²) in [5.41, 5.74) is 1.45. The van der Waals surface area contributed by atoms with Crippen molar-refractivity contribution in [3.63, 3.8) is 0 Å². The van der Waals surface area contributed by atoms with Crippen LogP contribution in [0, 0.1) is 17.6 Å². The number of rotatable bonds is 5. The summed E-state index contributed by atoms with van der Waals surface area (Å²) >= 11 is 1.17. The van der Waals surface area contributed by atoms with Crippen LogP contribution in [0.5, 0.6) is 5.75 Å². The van der Waals surface area contributed by atoms with Crippen molar-refractivity contribution in [2.24, 2.45) is 5.92 Å². The lowest BCUT2D eigenvalue weighted by Gasteiger charge is -2.19. The second-order valence-corrected chi connectivity index (χ2v) is 7.59. The second kappa shape index (κ2) is 8.19. The van der Waals surface area contributed by atoms with Crippen LogP contribution < -0.4 is 15.0 Å². The standard InChI is InChI=1S/C21H17F2N3O3S/c1-29-18-5-3-2-4-17(18)26-10-13(9-19(26)27)20(28)25-21-24-16(11-30-21)12-6-7-14(22)15(23)8-12/h2-8,11,13H,9-10H2,1H3,(H,24,25,28). The molecule has 1 aromatic heterocycles. The maximum Gasteiger partial charge on any atom is 0.231 e. The molecule has 6 nitrogen and oxygen atoms in total. The molecule has 2 aromatic carbocycles. The van der Waals surface area contributed by atoms with Crippen molar-refractivity contribution in [3.05, 3.63) is 59.5 Å². The number of hydrogen-bond acceptors (Lipinski definition) is 5. The van der Waals surface area contributed by atoms with E-state index in [9.17, 15) is 18.4 Å². The van der Waals surface area contributed by atoms with Crippen LogP contribution in [0.25, 0.3) is 11.3 Å². The van der Waals surface area contributed by atoms with Crippen molar-refractivity contribution in [2.45, 2.75) is 6.42 Å². The van der Waals surface area contributed by atoms with Crippen LogP contribution in [0.1, 0.15) is 6.42 Å². The van der Waals surface area contributed by atoms with Gasteiger partial charge in [-0.15, -0.1) is 11.3 Å². The highest BCUT2D eigenvalue weighted by Crippen LogP contribution is 2.33. The minimum absolute atomic E-state index is 0.0747. The lowest BCUT2D eigenvalue weighted by molar-refractivity contribution is -0.122. The Kier molecular flexibility index (Phi) is 5.45. The van der Waals surface area contributed by atoms with Gasteiger partial charge in [-0.1, -0.05) is 12.1 Å². The first-order valence-corrected chi connectivity index (χ1v) is 9.99. The van der Waals surface area contributed by atoms with Crippen LogP contribution >= 0.6 is 11.3 Å². The molecular weight excluding hydrogens is 412 g/mol. The van der Waals surface area contributed by atoms with Crippen LogP contribution in [0.4, 0.5) is 19.6 Å². The van der Waals surface area contributed by atoms with E-state index in [4.69, 9.17) is 4.74 Å². The van der Waals surface area contributed by atoms with Gasteiger partial charge >= 0.3 is 0 Å². The summed E-state index contributed by atoms with van der Waals surface area (Å²) in [6.45, 7) is 0.229. The molecule has 9 heteroatoms. The SMILES string of the molecule is COc1ccccc1N1CC(C(=O)Nc2nc(-c3ccc(F)c(F)c3)cs2)CC1=O. The van der Waals surface area contributed by atoms with Crippen LogP contribution in [-0.4, -0.2) is 30.5 Å². The first-order valence-electron chi connectivity index (χ1n) is 9.11. The Morgan fingerprint density at radius 1 is 1.23 bits per heavy atom. The molecule has 0 bridgehead atoms. The van der Waals surface area contributed by atoms with E-state index in [0.717, 1.165) is 12.1 Å². The molecule has 2 heterocycles. The lowest BCUT2D eigenvalue weighted by atomic mass is 10.1. The minimum atomic E-state index is -0.966. The topological polar surface area (TPSA) is 71.5 Å². The number of halogens is 2. The second-order valence-electron chi connectivity index (χ2n) is 6.73. The van der Waals surface area contributed by atoms with E-state index in [1.165, 1.54) is 29.4 Å². The highest BCUT2D eigenvalue weighted by molar-refractivity contribution is 7.14. The van der Waals surface area contributed by atoms with E-state index >= 15 is 0 Å². The summed E-state index contributed by atoms with van der Waals surface area (Å²) < 4.78 is 31.9. The highest BCUT2D eigenvalue weighted by Gasteiger charge is 2.36. The summed E-state index contributed by atoms with van der Waals surface area (Å²) in [6, 6.07) is 10.6. The summed E-state index contributed by atoms with van der Waals surface area (Å²) in [6.07, 6.45) is 0.0747. The third-order valence-corrected chi connectivity index (χ3v) is 5.58. The molecule has 1 unspecified atom stereocenters. The Balaban J connectivity index is 1.45. The van der Waals surface area contributed by atoms with Gasteiger partial charge in [0.25, 0.3) is 0 Å². The molecule has 30 heavy (non-hydrogen) atoms. The number of amides is 2. The van der Waals surface area contributed by atoms with E-state index in [0.29, 0.717) is 27.8 Å². The van der Waals surface area contributed by atoms with E-state index in [1.807, 2.05) is 0 Å². The molecular formula is C21H17F2N3O3S. The summed E-state index contributed by atoms with van der Waals surface area (Å²) in [5.74, 6) is -2.38. The van der Waals surface area contributed by atoms with Gasteiger partial charge in [0.2, 0.25) is 11.8 Å². The Morgan fingerprint density at radius 2 is 2.03 bits per heavy atom. The molecule has 1 atom stereocenters. The minimum Gasteiger partial charge on any atom is -0.495 e. The van der Waals surface area contributed by atoms with Crippen molar-refractivity contribution >= 4 is 34.0 Å². The number of nitrogens with one attached hydrogen (secondary N) is 1. The van der Waals surface area contributed by atoms with Crippen molar-refractivity contribution in [1.29, 1.82) is 0 Å². The average Bonchev–Trinajstić information content (AvgIpc) is 3.36. The fourth-order valence-electron chi connectivity index (χ4n) is 3.30. The third kappa shape index (κ3) is 3.88. The molecule has 1 N–H and O–H groups in total. The summed E-state index contributed by atoms with van der Waals surface area (Å²) in [4.78, 5) is 30.9. The lowest BCUT2D eigenvalue weighted by Crippen LogP contribution is -2.28. The first-order chi connectivity index (χ1) is 14.5. The van der Waals surface area contributed by atoms with Gasteiger partial charge in [-0.2, -0.15) is 0 Å². The number of carbonyl (C=O) groups is 2. The number of para-hydroxylation sites is 2. The molecule has 2 amide bonds. The molecule has 1 aliphatic rings. The van der Waals surface area contributed by atoms with E-state index < -0.39 is 17.6 Å². The largest absolute Gasteiger partial charge is 0.495 e. The van der Waals surface area contributed by atoms with Crippen LogP contribution in [0.2, 0.25) is 0 Å². The van der Waals surface area contributed by atoms with Crippen LogP contribution in [0.3, 0.4) is 0 Å². The summed E-state index contributed by atoms with van der Waals surface area (Å²) in [7, 11) is 1.52. The maximum absolute atomic E-state index is 13.4. The zero-order valence-electron chi connectivity index (χ0n) is 15.9. The monoisotopic (exact) mass is 429 g/mol. The zero-order valence-corrected chi connectivity index (χ0v) is 16.7. The fraction of sp³-hybridized carbons (Fsp3) is 0.190. The molecule has 0 aliphatic carbocycles. The maximum atomic E-state index is 13.4. The Bertz CT molecular complexity index is 1120. The number of hydrogen-bond donors (Lipinski definition) is 1. The van der Waals surface area contributed by atoms with E-state index in [-0.39, 0.29) is 24.8 Å². The van der Waals surface area contributed by atoms with E-state index in [1.54, 1.807) is 29.6 Å². The molecule has 1 fully saturated rings. The highest BCUT2D eigenvalue weighted by atomic mass is 32.1. The van der Waals surface area contributed by atoms with Crippen molar-refractivity contribution < 1.29 is 23.1 Å². The van der Waals surface area contributed by atoms with Gasteiger partial charge < -0.3 is 15.0 Å². The molecule has 154 valence electrons. The van der Waals surface area contributed by atoms with E-state index in [2.05, 4.69) is 10.3 Å². The predicted octanol–water partition coefficient (Wildman–Crippen LogP) is 4.09. The van der Waals surface area contributed by atoms with Gasteiger partial charge in [0.05, 0.1) is 24.4 Å². The smallest absolute Gasteiger partial charge is 0.231 e. The normalized spacial score (nSPS) is 16.0. The van der Waals surface area contributed by atoms with Gasteiger partial charge in [0.15, 0.2) is 16.8 Å². The number of anilines is 2. The van der Waals surface area contributed by atoms with Crippen LogP contribution in [-0.2, 0) is 9.59 Å². The van der Waals surface area contributed by atoms with Gasteiger partial charge in [-0.3, -0.25) is 9.59 Å². The fourth-order valence-corrected chi connectivity index (χ4v) is 4.02. The van der Waals surface area contributed by atoms with Gasteiger partial charge in [-0.05, 0) is 30.3 Å². The number of aromatic nitrogens is 1. The average molecular weight is 429 g/mol. The third-order valence-electron chi connectivity index (χ3n) is 4.82.